The summed E-state index contributed by atoms with van der Waals surface area (Å²) in [4.78, 5) is 20.2. The summed E-state index contributed by atoms with van der Waals surface area (Å²) in [7, 11) is 0. The number of hydrogen-bond acceptors (Lipinski definition) is 3. The average Bonchev–Trinajstić information content (AvgIpc) is 2.57. The molecular formula is C17H10Cl2FN3O. The maximum Gasteiger partial charge on any atom is 0.258 e. The monoisotopic (exact) mass is 361 g/mol. The molecule has 1 amide bonds. The van der Waals surface area contributed by atoms with Crippen LogP contribution in [0.5, 0.6) is 0 Å². The minimum Gasteiger partial charge on any atom is -0.319 e. The SMILES string of the molecule is O=C(Nc1cccnc1Cl)c1ccc(-c2ncccc2Cl)cc1F. The quantitative estimate of drug-likeness (QED) is 0.679. The largest absolute Gasteiger partial charge is 0.319 e. The number of nitrogens with one attached hydrogen (secondary N) is 1. The number of pyridine rings is 2. The first kappa shape index (κ1) is 16.4. The third kappa shape index (κ3) is 3.37. The van der Waals surface area contributed by atoms with Crippen LogP contribution in [0.1, 0.15) is 10.4 Å². The van der Waals surface area contributed by atoms with Gasteiger partial charge in [-0.25, -0.2) is 9.37 Å². The molecule has 3 rings (SSSR count). The Morgan fingerprint density at radius 1 is 1.04 bits per heavy atom. The van der Waals surface area contributed by atoms with Crippen LogP contribution >= 0.6 is 23.2 Å². The van der Waals surface area contributed by atoms with Crippen molar-refractivity contribution in [2.24, 2.45) is 0 Å². The highest BCUT2D eigenvalue weighted by molar-refractivity contribution is 6.33. The molecule has 0 atom stereocenters. The van der Waals surface area contributed by atoms with Gasteiger partial charge in [0.15, 0.2) is 5.15 Å². The fourth-order valence-electron chi connectivity index (χ4n) is 2.11. The van der Waals surface area contributed by atoms with E-state index in [-0.39, 0.29) is 10.7 Å². The summed E-state index contributed by atoms with van der Waals surface area (Å²) < 4.78 is 14.3. The van der Waals surface area contributed by atoms with Gasteiger partial charge in [0.1, 0.15) is 5.82 Å². The molecule has 0 spiro atoms. The van der Waals surface area contributed by atoms with Crippen molar-refractivity contribution in [3.8, 4) is 11.3 Å². The highest BCUT2D eigenvalue weighted by atomic mass is 35.5. The summed E-state index contributed by atoms with van der Waals surface area (Å²) in [5.41, 5.74) is 1.11. The molecule has 0 radical (unpaired) electrons. The van der Waals surface area contributed by atoms with Crippen LogP contribution < -0.4 is 5.32 Å². The third-order valence-corrected chi connectivity index (χ3v) is 3.86. The van der Waals surface area contributed by atoms with Gasteiger partial charge in [0.2, 0.25) is 0 Å². The van der Waals surface area contributed by atoms with Crippen molar-refractivity contribution in [2.75, 3.05) is 5.32 Å². The minimum atomic E-state index is -0.688. The molecule has 0 unspecified atom stereocenters. The summed E-state index contributed by atoms with van der Waals surface area (Å²) in [6, 6.07) is 10.7. The van der Waals surface area contributed by atoms with Crippen LogP contribution in [0, 0.1) is 5.82 Å². The molecule has 0 aliphatic carbocycles. The van der Waals surface area contributed by atoms with E-state index in [1.807, 2.05) is 0 Å². The van der Waals surface area contributed by atoms with Gasteiger partial charge in [-0.1, -0.05) is 29.3 Å². The van der Waals surface area contributed by atoms with E-state index in [1.165, 1.54) is 18.3 Å². The summed E-state index contributed by atoms with van der Waals surface area (Å²) in [5, 5.41) is 3.05. The van der Waals surface area contributed by atoms with Crippen molar-refractivity contribution < 1.29 is 9.18 Å². The Bertz CT molecular complexity index is 918. The van der Waals surface area contributed by atoms with Crippen LogP contribution in [-0.4, -0.2) is 15.9 Å². The normalized spacial score (nSPS) is 10.5. The van der Waals surface area contributed by atoms with Crippen molar-refractivity contribution in [3.63, 3.8) is 0 Å². The van der Waals surface area contributed by atoms with E-state index in [2.05, 4.69) is 15.3 Å². The lowest BCUT2D eigenvalue weighted by Gasteiger charge is -2.09. The van der Waals surface area contributed by atoms with Crippen LogP contribution in [0.15, 0.2) is 54.9 Å². The smallest absolute Gasteiger partial charge is 0.258 e. The molecule has 7 heteroatoms. The van der Waals surface area contributed by atoms with Gasteiger partial charge in [-0.15, -0.1) is 0 Å². The molecule has 1 aromatic carbocycles. The number of carbonyl (C=O) groups excluding carboxylic acids is 1. The summed E-state index contributed by atoms with van der Waals surface area (Å²) in [6.45, 7) is 0. The van der Waals surface area contributed by atoms with Crippen LogP contribution in [-0.2, 0) is 0 Å². The number of aromatic nitrogens is 2. The van der Waals surface area contributed by atoms with Crippen molar-refractivity contribution >= 4 is 34.8 Å². The molecule has 0 saturated carbocycles. The zero-order chi connectivity index (χ0) is 17.1. The summed E-state index contributed by atoms with van der Waals surface area (Å²) >= 11 is 11.9. The number of anilines is 1. The Morgan fingerprint density at radius 2 is 1.79 bits per heavy atom. The van der Waals surface area contributed by atoms with E-state index in [1.54, 1.807) is 36.5 Å². The van der Waals surface area contributed by atoms with Crippen molar-refractivity contribution in [2.45, 2.75) is 0 Å². The Kier molecular flexibility index (Phi) is 4.74. The summed E-state index contributed by atoms with van der Waals surface area (Å²) in [5.74, 6) is -1.31. The molecular weight excluding hydrogens is 352 g/mol. The molecule has 24 heavy (non-hydrogen) atoms. The minimum absolute atomic E-state index is 0.120. The molecule has 0 saturated heterocycles. The molecule has 0 aliphatic heterocycles. The van der Waals surface area contributed by atoms with E-state index in [4.69, 9.17) is 23.2 Å². The predicted molar refractivity (Wildman–Crippen MR) is 91.8 cm³/mol. The average molecular weight is 362 g/mol. The Morgan fingerprint density at radius 3 is 2.50 bits per heavy atom. The second-order valence-corrected chi connectivity index (χ2v) is 5.59. The first-order valence-electron chi connectivity index (χ1n) is 6.88. The molecule has 4 nitrogen and oxygen atoms in total. The van der Waals surface area contributed by atoms with E-state index >= 15 is 0 Å². The molecule has 0 fully saturated rings. The number of rotatable bonds is 3. The summed E-state index contributed by atoms with van der Waals surface area (Å²) in [6.07, 6.45) is 3.05. The second-order valence-electron chi connectivity index (χ2n) is 4.82. The van der Waals surface area contributed by atoms with Gasteiger partial charge in [-0.2, -0.15) is 0 Å². The molecule has 120 valence electrons. The lowest BCUT2D eigenvalue weighted by atomic mass is 10.1. The first-order valence-corrected chi connectivity index (χ1v) is 7.64. The Hall–Kier alpha value is -2.50. The number of amides is 1. The first-order chi connectivity index (χ1) is 11.6. The molecule has 1 N–H and O–H groups in total. The number of benzene rings is 1. The van der Waals surface area contributed by atoms with Gasteiger partial charge in [0.25, 0.3) is 5.91 Å². The van der Waals surface area contributed by atoms with Gasteiger partial charge >= 0.3 is 0 Å². The lowest BCUT2D eigenvalue weighted by molar-refractivity contribution is 0.102. The van der Waals surface area contributed by atoms with E-state index in [0.717, 1.165) is 0 Å². The number of nitrogens with zero attached hydrogens (tertiary/aromatic N) is 2. The lowest BCUT2D eigenvalue weighted by Crippen LogP contribution is -2.14. The van der Waals surface area contributed by atoms with Gasteiger partial charge in [-0.3, -0.25) is 9.78 Å². The standard InChI is InChI=1S/C17H10Cl2FN3O/c18-12-3-1-7-21-15(12)10-5-6-11(13(20)9-10)17(24)23-14-4-2-8-22-16(14)19/h1-9H,(H,23,24). The zero-order valence-electron chi connectivity index (χ0n) is 12.1. The molecule has 3 aromatic rings. The van der Waals surface area contributed by atoms with Crippen molar-refractivity contribution in [3.05, 3.63) is 76.4 Å². The van der Waals surface area contributed by atoms with Gasteiger partial charge < -0.3 is 5.32 Å². The second kappa shape index (κ2) is 6.95. The fourth-order valence-corrected chi connectivity index (χ4v) is 2.51. The van der Waals surface area contributed by atoms with E-state index in [9.17, 15) is 9.18 Å². The van der Waals surface area contributed by atoms with E-state index in [0.29, 0.717) is 22.0 Å². The predicted octanol–water partition coefficient (Wildman–Crippen LogP) is 4.84. The van der Waals surface area contributed by atoms with E-state index < -0.39 is 11.7 Å². The maximum atomic E-state index is 14.3. The maximum absolute atomic E-state index is 14.3. The highest BCUT2D eigenvalue weighted by Crippen LogP contribution is 2.27. The van der Waals surface area contributed by atoms with Crippen LogP contribution in [0.3, 0.4) is 0 Å². The zero-order valence-corrected chi connectivity index (χ0v) is 13.6. The van der Waals surface area contributed by atoms with Gasteiger partial charge in [0.05, 0.1) is 22.0 Å². The van der Waals surface area contributed by atoms with Gasteiger partial charge in [-0.05, 0) is 36.4 Å². The Balaban J connectivity index is 1.89. The topological polar surface area (TPSA) is 54.9 Å². The molecule has 0 aliphatic rings. The molecule has 2 aromatic heterocycles. The number of carbonyl (C=O) groups is 1. The van der Waals surface area contributed by atoms with Crippen LogP contribution in [0.25, 0.3) is 11.3 Å². The highest BCUT2D eigenvalue weighted by Gasteiger charge is 2.15. The Labute approximate surface area is 147 Å². The number of halogens is 3. The van der Waals surface area contributed by atoms with Crippen LogP contribution in [0.4, 0.5) is 10.1 Å². The molecule has 0 bridgehead atoms. The van der Waals surface area contributed by atoms with Crippen molar-refractivity contribution in [1.82, 2.24) is 9.97 Å². The van der Waals surface area contributed by atoms with Crippen molar-refractivity contribution in [1.29, 1.82) is 0 Å². The number of hydrogen-bond donors (Lipinski definition) is 1. The van der Waals surface area contributed by atoms with Crippen LogP contribution in [0.2, 0.25) is 10.2 Å². The fraction of sp³-hybridized carbons (Fsp3) is 0. The third-order valence-electron chi connectivity index (χ3n) is 3.25. The van der Waals surface area contributed by atoms with Gasteiger partial charge in [0, 0.05) is 18.0 Å². The molecule has 2 heterocycles.